The highest BCUT2D eigenvalue weighted by atomic mass is 16.5. The molecule has 1 aliphatic heterocycles. The van der Waals surface area contributed by atoms with Gasteiger partial charge in [-0.05, 0) is 18.1 Å². The quantitative estimate of drug-likeness (QED) is 0.681. The molecule has 1 N–H and O–H groups in total. The maximum Gasteiger partial charge on any atom is 0.275 e. The first-order valence-electron chi connectivity index (χ1n) is 9.83. The second-order valence-electron chi connectivity index (χ2n) is 7.08. The van der Waals surface area contributed by atoms with E-state index in [4.69, 9.17) is 14.2 Å². The van der Waals surface area contributed by atoms with E-state index in [0.29, 0.717) is 47.5 Å². The number of H-pyrrole nitrogens is 1. The molecule has 0 fully saturated rings. The maximum absolute atomic E-state index is 13.1. The molecule has 2 aromatic carbocycles. The molecule has 1 amide bonds. The van der Waals surface area contributed by atoms with Crippen LogP contribution < -0.4 is 19.8 Å². The summed E-state index contributed by atoms with van der Waals surface area (Å²) in [4.78, 5) is 26.9. The summed E-state index contributed by atoms with van der Waals surface area (Å²) in [5.74, 6) is 1.71. The molecule has 0 spiro atoms. The summed E-state index contributed by atoms with van der Waals surface area (Å²) in [6, 6.07) is 10.6. The van der Waals surface area contributed by atoms with Crippen LogP contribution in [0.1, 0.15) is 22.5 Å². The van der Waals surface area contributed by atoms with Gasteiger partial charge >= 0.3 is 0 Å². The second kappa shape index (κ2) is 8.51. The largest absolute Gasteiger partial charge is 0.496 e. The van der Waals surface area contributed by atoms with E-state index >= 15 is 0 Å². The van der Waals surface area contributed by atoms with Gasteiger partial charge in [-0.3, -0.25) is 9.59 Å². The summed E-state index contributed by atoms with van der Waals surface area (Å²) in [6.45, 7) is 0.903. The number of nitrogens with one attached hydrogen (secondary N) is 1. The predicted octanol–water partition coefficient (Wildman–Crippen LogP) is 2.88. The van der Waals surface area contributed by atoms with Crippen LogP contribution >= 0.6 is 0 Å². The maximum atomic E-state index is 13.1. The summed E-state index contributed by atoms with van der Waals surface area (Å²) in [5, 5.41) is 7.45. The number of methoxy groups -OCH3 is 3. The van der Waals surface area contributed by atoms with Gasteiger partial charge in [0, 0.05) is 30.6 Å². The van der Waals surface area contributed by atoms with Gasteiger partial charge in [0.05, 0.1) is 32.3 Å². The molecule has 0 atom stereocenters. The summed E-state index contributed by atoms with van der Waals surface area (Å²) in [6.07, 6.45) is 2.61. The Morgan fingerprint density at radius 3 is 2.29 bits per heavy atom. The molecular weight excluding hydrogens is 398 g/mol. The topological polar surface area (TPSA) is 93.8 Å². The minimum absolute atomic E-state index is 0.226. The molecule has 4 rings (SSSR count). The first-order valence-corrected chi connectivity index (χ1v) is 9.83. The van der Waals surface area contributed by atoms with Crippen molar-refractivity contribution in [2.45, 2.75) is 6.42 Å². The van der Waals surface area contributed by atoms with Crippen LogP contribution in [0.15, 0.2) is 47.3 Å². The Hall–Kier alpha value is -3.81. The molecule has 0 unspecified atom stereocenters. The van der Waals surface area contributed by atoms with E-state index < -0.39 is 0 Å². The van der Waals surface area contributed by atoms with Crippen molar-refractivity contribution in [3.63, 3.8) is 0 Å². The van der Waals surface area contributed by atoms with E-state index in [9.17, 15) is 9.59 Å². The highest BCUT2D eigenvalue weighted by Crippen LogP contribution is 2.41. The number of aromatic amines is 1. The predicted molar refractivity (Wildman–Crippen MR) is 117 cm³/mol. The molecule has 3 aromatic rings. The van der Waals surface area contributed by atoms with Crippen LogP contribution in [0.3, 0.4) is 0 Å². The fraction of sp³-hybridized carbons (Fsp3) is 0.261. The Balaban J connectivity index is 1.65. The zero-order valence-electron chi connectivity index (χ0n) is 17.6. The monoisotopic (exact) mass is 421 g/mol. The number of fused-ring (bicyclic) bond motifs is 1. The number of carbonyl (C=O) groups excluding carboxylic acids is 1. The van der Waals surface area contributed by atoms with E-state index in [-0.39, 0.29) is 17.2 Å². The molecule has 160 valence electrons. The molecule has 8 nitrogen and oxygen atoms in total. The number of aromatic nitrogens is 2. The number of carbonyl (C=O) groups is 1. The third kappa shape index (κ3) is 3.72. The molecule has 0 saturated heterocycles. The van der Waals surface area contributed by atoms with E-state index in [0.717, 1.165) is 11.1 Å². The number of amides is 1. The third-order valence-electron chi connectivity index (χ3n) is 5.43. The molecule has 0 aliphatic carbocycles. The summed E-state index contributed by atoms with van der Waals surface area (Å²) >= 11 is 0. The summed E-state index contributed by atoms with van der Waals surface area (Å²) in [5.41, 5.74) is 1.81. The lowest BCUT2D eigenvalue weighted by Crippen LogP contribution is -2.36. The Morgan fingerprint density at radius 2 is 1.71 bits per heavy atom. The molecule has 1 aromatic heterocycles. The van der Waals surface area contributed by atoms with Crippen molar-refractivity contribution < 1.29 is 19.0 Å². The number of hydrogen-bond donors (Lipinski definition) is 1. The van der Waals surface area contributed by atoms with Gasteiger partial charge < -0.3 is 19.1 Å². The average molecular weight is 421 g/mol. The molecule has 0 saturated carbocycles. The van der Waals surface area contributed by atoms with Crippen molar-refractivity contribution in [2.75, 3.05) is 34.4 Å². The van der Waals surface area contributed by atoms with E-state index in [1.165, 1.54) is 0 Å². The van der Waals surface area contributed by atoms with E-state index in [1.54, 1.807) is 50.5 Å². The highest BCUT2D eigenvalue weighted by Gasteiger charge is 2.25. The van der Waals surface area contributed by atoms with Gasteiger partial charge in [-0.25, -0.2) is 5.10 Å². The van der Waals surface area contributed by atoms with Crippen LogP contribution in [0.25, 0.3) is 16.3 Å². The van der Waals surface area contributed by atoms with Gasteiger partial charge in [0.15, 0.2) is 5.69 Å². The van der Waals surface area contributed by atoms with Crippen LogP contribution in [-0.2, 0) is 0 Å². The van der Waals surface area contributed by atoms with Gasteiger partial charge in [-0.15, -0.1) is 0 Å². The summed E-state index contributed by atoms with van der Waals surface area (Å²) in [7, 11) is 4.79. The first-order chi connectivity index (χ1) is 15.1. The second-order valence-corrected chi connectivity index (χ2v) is 7.08. The average Bonchev–Trinajstić information content (AvgIpc) is 2.83. The van der Waals surface area contributed by atoms with Crippen LogP contribution in [-0.4, -0.2) is 55.4 Å². The molecule has 2 heterocycles. The minimum atomic E-state index is -0.313. The third-order valence-corrected chi connectivity index (χ3v) is 5.43. The first kappa shape index (κ1) is 20.5. The van der Waals surface area contributed by atoms with E-state index in [1.807, 2.05) is 18.2 Å². The Morgan fingerprint density at radius 1 is 1.03 bits per heavy atom. The van der Waals surface area contributed by atoms with Crippen LogP contribution in [0.4, 0.5) is 0 Å². The SMILES string of the molecule is COc1cc(OC)c(C2=CCN(C(=O)c3n[nH]c(=O)c4ccccc34)CC2)c(OC)c1. The zero-order chi connectivity index (χ0) is 22.0. The Kier molecular flexibility index (Phi) is 5.62. The number of ether oxygens (including phenoxy) is 3. The number of rotatable bonds is 5. The fourth-order valence-electron chi connectivity index (χ4n) is 3.83. The normalized spacial score (nSPS) is 13.6. The van der Waals surface area contributed by atoms with Crippen molar-refractivity contribution in [3.8, 4) is 17.2 Å². The lowest BCUT2D eigenvalue weighted by molar-refractivity contribution is 0.0768. The number of hydrogen-bond acceptors (Lipinski definition) is 6. The zero-order valence-corrected chi connectivity index (χ0v) is 17.6. The molecule has 8 heteroatoms. The Labute approximate surface area is 179 Å². The molecule has 0 radical (unpaired) electrons. The fourth-order valence-corrected chi connectivity index (χ4v) is 3.83. The van der Waals surface area contributed by atoms with Crippen molar-refractivity contribution in [3.05, 3.63) is 64.1 Å². The van der Waals surface area contributed by atoms with Crippen LogP contribution in [0.5, 0.6) is 17.2 Å². The molecule has 1 aliphatic rings. The van der Waals surface area contributed by atoms with Crippen LogP contribution in [0.2, 0.25) is 0 Å². The Bertz CT molecular complexity index is 1210. The molecule has 0 bridgehead atoms. The highest BCUT2D eigenvalue weighted by molar-refractivity contribution is 6.05. The number of nitrogens with zero attached hydrogens (tertiary/aromatic N) is 2. The van der Waals surface area contributed by atoms with Crippen molar-refractivity contribution in [1.82, 2.24) is 15.1 Å². The van der Waals surface area contributed by atoms with Gasteiger partial charge in [-0.2, -0.15) is 5.10 Å². The van der Waals surface area contributed by atoms with Crippen molar-refractivity contribution in [2.24, 2.45) is 0 Å². The standard InChI is InChI=1S/C23H23N3O5/c1-29-15-12-18(30-2)20(19(13-15)31-3)14-8-10-26(11-9-14)23(28)21-16-6-4-5-7-17(16)22(27)25-24-21/h4-8,12-13H,9-11H2,1-3H3,(H,25,27). The van der Waals surface area contributed by atoms with Gasteiger partial charge in [-0.1, -0.05) is 24.3 Å². The molecular formula is C23H23N3O5. The minimum Gasteiger partial charge on any atom is -0.496 e. The van der Waals surface area contributed by atoms with Crippen LogP contribution in [0, 0.1) is 0 Å². The lowest BCUT2D eigenvalue weighted by atomic mass is 9.97. The van der Waals surface area contributed by atoms with Gasteiger partial charge in [0.2, 0.25) is 0 Å². The van der Waals surface area contributed by atoms with Gasteiger partial charge in [0.1, 0.15) is 17.2 Å². The van der Waals surface area contributed by atoms with Crippen molar-refractivity contribution in [1.29, 1.82) is 0 Å². The lowest BCUT2D eigenvalue weighted by Gasteiger charge is -2.28. The van der Waals surface area contributed by atoms with E-state index in [2.05, 4.69) is 10.2 Å². The smallest absolute Gasteiger partial charge is 0.275 e. The molecule has 31 heavy (non-hydrogen) atoms. The summed E-state index contributed by atoms with van der Waals surface area (Å²) < 4.78 is 16.4. The van der Waals surface area contributed by atoms with Crippen molar-refractivity contribution >= 4 is 22.3 Å². The van der Waals surface area contributed by atoms with Gasteiger partial charge in [0.25, 0.3) is 11.5 Å². The number of benzene rings is 2.